The number of nitrogens with two attached hydrogens (primary N) is 1. The lowest BCUT2D eigenvalue weighted by molar-refractivity contribution is 0.931. The molecule has 1 heterocycles. The van der Waals surface area contributed by atoms with Gasteiger partial charge >= 0.3 is 0 Å². The third kappa shape index (κ3) is 4.46. The summed E-state index contributed by atoms with van der Waals surface area (Å²) in [6.45, 7) is 0.912. The van der Waals surface area contributed by atoms with Gasteiger partial charge in [0, 0.05) is 12.6 Å². The van der Waals surface area contributed by atoms with E-state index in [4.69, 9.17) is 5.84 Å². The van der Waals surface area contributed by atoms with Crippen LogP contribution in [0, 0.1) is 0 Å². The third-order valence-corrected chi connectivity index (χ3v) is 3.11. The Morgan fingerprint density at radius 1 is 1.31 bits per heavy atom. The summed E-state index contributed by atoms with van der Waals surface area (Å²) >= 11 is 3.34. The minimum absolute atomic E-state index is 0.631. The summed E-state index contributed by atoms with van der Waals surface area (Å²) in [5.41, 5.74) is 2.54. The summed E-state index contributed by atoms with van der Waals surface area (Å²) < 4.78 is 0. The van der Waals surface area contributed by atoms with Crippen molar-refractivity contribution in [3.8, 4) is 0 Å². The molecular formula is C9H17N5S2. The van der Waals surface area contributed by atoms with Gasteiger partial charge in [0.05, 0.1) is 0 Å². The largest absolute Gasteiger partial charge is 0.370 e. The highest BCUT2D eigenvalue weighted by Gasteiger charge is 2.02. The molecular weight excluding hydrogens is 242 g/mol. The first-order chi connectivity index (χ1) is 7.80. The zero-order valence-corrected chi connectivity index (χ0v) is 11.1. The van der Waals surface area contributed by atoms with Gasteiger partial charge in [-0.2, -0.15) is 11.8 Å². The van der Waals surface area contributed by atoms with Crippen LogP contribution in [0.3, 0.4) is 0 Å². The van der Waals surface area contributed by atoms with E-state index < -0.39 is 0 Å². The van der Waals surface area contributed by atoms with Gasteiger partial charge in [0.15, 0.2) is 5.16 Å². The molecule has 0 radical (unpaired) electrons. The van der Waals surface area contributed by atoms with Crippen molar-refractivity contribution < 1.29 is 0 Å². The van der Waals surface area contributed by atoms with Crippen LogP contribution in [0.5, 0.6) is 0 Å². The van der Waals surface area contributed by atoms with Crippen molar-refractivity contribution in [3.63, 3.8) is 0 Å². The molecule has 1 aromatic heterocycles. The lowest BCUT2D eigenvalue weighted by atomic mass is 10.4. The molecule has 0 unspecified atom stereocenters. The molecule has 0 bridgehead atoms. The number of hydrogen-bond acceptors (Lipinski definition) is 7. The number of hydrogen-bond donors (Lipinski definition) is 3. The fourth-order valence-corrected chi connectivity index (χ4v) is 1.93. The number of nitrogens with one attached hydrogen (secondary N) is 2. The van der Waals surface area contributed by atoms with E-state index >= 15 is 0 Å². The summed E-state index contributed by atoms with van der Waals surface area (Å²) in [5.74, 6) is 7.93. The lowest BCUT2D eigenvalue weighted by Crippen LogP contribution is -2.11. The smallest absolute Gasteiger partial charge is 0.191 e. The normalized spacial score (nSPS) is 10.2. The molecule has 0 fully saturated rings. The van der Waals surface area contributed by atoms with Gasteiger partial charge in [-0.1, -0.05) is 11.8 Å². The quantitative estimate of drug-likeness (QED) is 0.226. The van der Waals surface area contributed by atoms with Crippen molar-refractivity contribution in [2.24, 2.45) is 5.84 Å². The number of thioether (sulfide) groups is 2. The summed E-state index contributed by atoms with van der Waals surface area (Å²) in [7, 11) is 0. The highest BCUT2D eigenvalue weighted by Crippen LogP contribution is 2.16. The Bertz CT molecular complexity index is 299. The summed E-state index contributed by atoms with van der Waals surface area (Å²) in [6, 6.07) is 1.80. The van der Waals surface area contributed by atoms with Crippen LogP contribution in [-0.2, 0) is 0 Å². The Morgan fingerprint density at radius 3 is 2.69 bits per heavy atom. The van der Waals surface area contributed by atoms with Crippen molar-refractivity contribution in [2.75, 3.05) is 35.6 Å². The van der Waals surface area contributed by atoms with Gasteiger partial charge in [0.25, 0.3) is 0 Å². The second kappa shape index (κ2) is 7.59. The summed E-state index contributed by atoms with van der Waals surface area (Å²) in [5, 5.41) is 3.97. The Hall–Kier alpha value is -0.660. The molecule has 4 N–H and O–H groups in total. The minimum atomic E-state index is 0.631. The Labute approximate surface area is 104 Å². The first kappa shape index (κ1) is 13.4. The van der Waals surface area contributed by atoms with Gasteiger partial charge in [-0.15, -0.1) is 0 Å². The molecule has 0 aliphatic rings. The van der Waals surface area contributed by atoms with Crippen LogP contribution in [-0.4, -0.2) is 34.8 Å². The van der Waals surface area contributed by atoms with Crippen molar-refractivity contribution in [2.45, 2.75) is 11.6 Å². The van der Waals surface area contributed by atoms with Crippen molar-refractivity contribution in [1.82, 2.24) is 9.97 Å². The fourth-order valence-electron chi connectivity index (χ4n) is 1.11. The molecule has 16 heavy (non-hydrogen) atoms. The van der Waals surface area contributed by atoms with E-state index in [-0.39, 0.29) is 0 Å². The Morgan fingerprint density at radius 2 is 2.06 bits per heavy atom. The number of hydrazine groups is 1. The molecule has 0 aliphatic heterocycles. The van der Waals surface area contributed by atoms with Crippen LogP contribution >= 0.6 is 23.5 Å². The number of aromatic nitrogens is 2. The average Bonchev–Trinajstić information content (AvgIpc) is 2.34. The third-order valence-electron chi connectivity index (χ3n) is 1.87. The molecule has 0 spiro atoms. The monoisotopic (exact) mass is 259 g/mol. The number of anilines is 2. The topological polar surface area (TPSA) is 75.9 Å². The first-order valence-electron chi connectivity index (χ1n) is 4.92. The van der Waals surface area contributed by atoms with Crippen molar-refractivity contribution >= 4 is 35.2 Å². The molecule has 0 saturated carbocycles. The molecule has 5 nitrogen and oxygen atoms in total. The van der Waals surface area contributed by atoms with E-state index in [9.17, 15) is 0 Å². The van der Waals surface area contributed by atoms with Gasteiger partial charge in [-0.25, -0.2) is 15.8 Å². The second-order valence-electron chi connectivity index (χ2n) is 3.04. The van der Waals surface area contributed by atoms with E-state index in [0.717, 1.165) is 24.5 Å². The molecule has 0 atom stereocenters. The van der Waals surface area contributed by atoms with E-state index in [1.807, 2.05) is 18.0 Å². The predicted octanol–water partition coefficient (Wildman–Crippen LogP) is 1.65. The molecule has 1 rings (SSSR count). The number of nitrogen functional groups attached to an aromatic ring is 1. The van der Waals surface area contributed by atoms with Crippen molar-refractivity contribution in [1.29, 1.82) is 0 Å². The molecule has 0 amide bonds. The first-order valence-corrected chi connectivity index (χ1v) is 7.54. The maximum absolute atomic E-state index is 5.34. The average molecular weight is 259 g/mol. The summed E-state index contributed by atoms with van der Waals surface area (Å²) in [4.78, 5) is 8.52. The zero-order valence-electron chi connectivity index (χ0n) is 9.49. The highest BCUT2D eigenvalue weighted by atomic mass is 32.2. The van der Waals surface area contributed by atoms with Crippen molar-refractivity contribution in [3.05, 3.63) is 6.07 Å². The maximum atomic E-state index is 5.34. The van der Waals surface area contributed by atoms with Crippen LogP contribution in [0.25, 0.3) is 0 Å². The predicted molar refractivity (Wildman–Crippen MR) is 73.1 cm³/mol. The maximum Gasteiger partial charge on any atom is 0.191 e. The van der Waals surface area contributed by atoms with Crippen LogP contribution in [0.15, 0.2) is 11.2 Å². The van der Waals surface area contributed by atoms with Crippen LogP contribution in [0.2, 0.25) is 0 Å². The standard InChI is InChI=1S/C9H17N5S2/c1-15-5-3-4-11-7-6-8(14-10)13-9(12-7)16-2/h6H,3-5,10H2,1-2H3,(H2,11,12,13,14). The Balaban J connectivity index is 2.57. The zero-order chi connectivity index (χ0) is 11.8. The SMILES string of the molecule is CSCCCNc1cc(NN)nc(SC)n1. The van der Waals surface area contributed by atoms with Crippen LogP contribution < -0.4 is 16.6 Å². The van der Waals surface area contributed by atoms with Gasteiger partial charge in [-0.3, -0.25) is 0 Å². The van der Waals surface area contributed by atoms with Gasteiger partial charge < -0.3 is 10.7 Å². The molecule has 7 heteroatoms. The van der Waals surface area contributed by atoms with E-state index in [2.05, 4.69) is 27.0 Å². The highest BCUT2D eigenvalue weighted by molar-refractivity contribution is 7.98. The molecule has 0 aliphatic carbocycles. The molecule has 0 saturated heterocycles. The fraction of sp³-hybridized carbons (Fsp3) is 0.556. The minimum Gasteiger partial charge on any atom is -0.370 e. The molecule has 90 valence electrons. The van der Waals surface area contributed by atoms with Crippen LogP contribution in [0.4, 0.5) is 11.6 Å². The number of nitrogens with zero attached hydrogens (tertiary/aromatic N) is 2. The van der Waals surface area contributed by atoms with E-state index in [0.29, 0.717) is 11.0 Å². The van der Waals surface area contributed by atoms with Crippen LogP contribution in [0.1, 0.15) is 6.42 Å². The Kier molecular flexibility index (Phi) is 6.36. The lowest BCUT2D eigenvalue weighted by Gasteiger charge is -2.08. The molecule has 0 aromatic carbocycles. The van der Waals surface area contributed by atoms with E-state index in [1.165, 1.54) is 11.8 Å². The second-order valence-corrected chi connectivity index (χ2v) is 4.80. The van der Waals surface area contributed by atoms with E-state index in [1.54, 1.807) is 6.07 Å². The van der Waals surface area contributed by atoms with Gasteiger partial charge in [0.1, 0.15) is 11.6 Å². The summed E-state index contributed by atoms with van der Waals surface area (Å²) in [6.07, 6.45) is 5.16. The van der Waals surface area contributed by atoms with Gasteiger partial charge in [0.2, 0.25) is 0 Å². The number of rotatable bonds is 7. The van der Waals surface area contributed by atoms with Gasteiger partial charge in [-0.05, 0) is 24.7 Å². The molecule has 1 aromatic rings.